The molecule has 0 N–H and O–H groups in total. The van der Waals surface area contributed by atoms with E-state index in [1.165, 1.54) is 22.3 Å². The monoisotopic (exact) mass is 514 g/mol. The highest BCUT2D eigenvalue weighted by Crippen LogP contribution is 2.49. The van der Waals surface area contributed by atoms with E-state index in [0.717, 1.165) is 55.1 Å². The first-order valence-corrected chi connectivity index (χ1v) is 13.7. The molecule has 1 atom stereocenters. The summed E-state index contributed by atoms with van der Waals surface area (Å²) in [5.41, 5.74) is 5.74. The molecular formula is C31H38N4O3. The summed E-state index contributed by atoms with van der Waals surface area (Å²) in [6.07, 6.45) is 4.19. The van der Waals surface area contributed by atoms with Crippen LogP contribution in [0.3, 0.4) is 0 Å². The molecule has 2 saturated heterocycles. The van der Waals surface area contributed by atoms with Crippen molar-refractivity contribution in [3.05, 3.63) is 71.1 Å². The van der Waals surface area contributed by atoms with Crippen molar-refractivity contribution in [3.8, 4) is 11.5 Å². The fraction of sp³-hybridized carbons (Fsp3) is 0.452. The third kappa shape index (κ3) is 3.70. The molecule has 0 saturated carbocycles. The lowest BCUT2D eigenvalue weighted by Crippen LogP contribution is -2.53. The van der Waals surface area contributed by atoms with E-state index in [1.54, 1.807) is 14.2 Å². The second-order valence-electron chi connectivity index (χ2n) is 10.9. The van der Waals surface area contributed by atoms with Crippen LogP contribution >= 0.6 is 0 Å². The van der Waals surface area contributed by atoms with Gasteiger partial charge < -0.3 is 18.9 Å². The average Bonchev–Trinajstić information content (AvgIpc) is 3.28. The summed E-state index contributed by atoms with van der Waals surface area (Å²) in [6.45, 7) is 8.39. The van der Waals surface area contributed by atoms with Gasteiger partial charge in [-0.1, -0.05) is 31.2 Å². The van der Waals surface area contributed by atoms with E-state index in [0.29, 0.717) is 13.1 Å². The van der Waals surface area contributed by atoms with E-state index in [-0.39, 0.29) is 17.5 Å². The van der Waals surface area contributed by atoms with Crippen molar-refractivity contribution in [3.63, 3.8) is 0 Å². The van der Waals surface area contributed by atoms with Gasteiger partial charge in [0, 0.05) is 67.7 Å². The van der Waals surface area contributed by atoms with Gasteiger partial charge in [0.2, 0.25) is 0 Å². The van der Waals surface area contributed by atoms with Gasteiger partial charge in [-0.15, -0.1) is 0 Å². The first kappa shape index (κ1) is 24.9. The molecule has 0 radical (unpaired) electrons. The molecule has 6 rings (SSSR count). The van der Waals surface area contributed by atoms with Crippen LogP contribution in [0.1, 0.15) is 49.4 Å². The molecule has 2 aromatic carbocycles. The molecule has 2 amide bonds. The minimum atomic E-state index is -0.269. The number of aryl methyl sites for hydroxylation is 1. The number of likely N-dealkylation sites (N-methyl/N-ethyl adjacent to an activating group) is 1. The molecule has 4 heterocycles. The second kappa shape index (κ2) is 9.38. The number of rotatable bonds is 5. The number of fused-ring (bicyclic) bond motifs is 4. The molecule has 0 aliphatic carbocycles. The molecule has 1 spiro atoms. The van der Waals surface area contributed by atoms with Crippen LogP contribution in [0, 0.1) is 0 Å². The summed E-state index contributed by atoms with van der Waals surface area (Å²) < 4.78 is 13.7. The molecule has 3 aromatic rings. The maximum atomic E-state index is 13.9. The Hall–Kier alpha value is -3.45. The molecule has 7 heteroatoms. The van der Waals surface area contributed by atoms with Gasteiger partial charge in [-0.2, -0.15) is 0 Å². The number of ether oxygens (including phenoxy) is 2. The van der Waals surface area contributed by atoms with Gasteiger partial charge in [-0.05, 0) is 48.9 Å². The maximum absolute atomic E-state index is 13.9. The van der Waals surface area contributed by atoms with Gasteiger partial charge >= 0.3 is 6.03 Å². The lowest BCUT2D eigenvalue weighted by Gasteiger charge is -2.44. The summed E-state index contributed by atoms with van der Waals surface area (Å²) >= 11 is 0. The van der Waals surface area contributed by atoms with E-state index in [9.17, 15) is 4.79 Å². The molecule has 2 fully saturated rings. The number of para-hydroxylation sites is 1. The van der Waals surface area contributed by atoms with E-state index >= 15 is 0 Å². The van der Waals surface area contributed by atoms with E-state index in [2.05, 4.69) is 77.7 Å². The van der Waals surface area contributed by atoms with Crippen LogP contribution in [0.4, 0.5) is 4.79 Å². The molecule has 7 nitrogen and oxygen atoms in total. The van der Waals surface area contributed by atoms with E-state index in [4.69, 9.17) is 9.47 Å². The smallest absolute Gasteiger partial charge is 0.325 e. The molecule has 0 bridgehead atoms. The minimum Gasteiger partial charge on any atom is -0.497 e. The minimum absolute atomic E-state index is 0.114. The van der Waals surface area contributed by atoms with Crippen LogP contribution < -0.4 is 9.47 Å². The van der Waals surface area contributed by atoms with Gasteiger partial charge in [-0.25, -0.2) is 4.79 Å². The number of methoxy groups -OCH3 is 2. The highest BCUT2D eigenvalue weighted by molar-refractivity contribution is 5.83. The van der Waals surface area contributed by atoms with Crippen molar-refractivity contribution in [2.45, 2.75) is 51.2 Å². The van der Waals surface area contributed by atoms with Crippen molar-refractivity contribution in [2.75, 3.05) is 33.9 Å². The third-order valence-corrected chi connectivity index (χ3v) is 9.03. The van der Waals surface area contributed by atoms with Crippen LogP contribution in [0.25, 0.3) is 10.9 Å². The van der Waals surface area contributed by atoms with Gasteiger partial charge in [0.1, 0.15) is 11.5 Å². The number of hydrogen-bond acceptors (Lipinski definition) is 4. The van der Waals surface area contributed by atoms with Gasteiger partial charge in [0.05, 0.1) is 26.3 Å². The third-order valence-electron chi connectivity index (χ3n) is 9.03. The number of amides is 2. The molecule has 38 heavy (non-hydrogen) atoms. The molecule has 3 aliphatic rings. The van der Waals surface area contributed by atoms with E-state index < -0.39 is 0 Å². The van der Waals surface area contributed by atoms with Crippen LogP contribution in [0.2, 0.25) is 0 Å². The van der Waals surface area contributed by atoms with Crippen molar-refractivity contribution in [2.24, 2.45) is 7.05 Å². The molecule has 3 aliphatic heterocycles. The lowest BCUT2D eigenvalue weighted by atomic mass is 9.82. The Balaban J connectivity index is 1.30. The highest BCUT2D eigenvalue weighted by atomic mass is 16.5. The zero-order chi connectivity index (χ0) is 26.6. The van der Waals surface area contributed by atoms with Gasteiger partial charge in [-0.3, -0.25) is 9.80 Å². The number of urea groups is 1. The van der Waals surface area contributed by atoms with Crippen molar-refractivity contribution >= 4 is 16.9 Å². The summed E-state index contributed by atoms with van der Waals surface area (Å²) in [4.78, 5) is 20.6. The summed E-state index contributed by atoms with van der Waals surface area (Å²) in [5.74, 6) is 1.70. The number of hydrogen-bond donors (Lipinski definition) is 0. The Bertz CT molecular complexity index is 1420. The first-order chi connectivity index (χ1) is 18.4. The number of carbonyl (C=O) groups excluding carboxylic acids is 1. The van der Waals surface area contributed by atoms with Crippen LogP contribution in [0.5, 0.6) is 11.5 Å². The van der Waals surface area contributed by atoms with E-state index in [1.807, 2.05) is 11.0 Å². The number of benzene rings is 2. The number of allylic oxidation sites excluding steroid dienone is 1. The Kier molecular flexibility index (Phi) is 6.14. The summed E-state index contributed by atoms with van der Waals surface area (Å²) in [6, 6.07) is 15.0. The van der Waals surface area contributed by atoms with Crippen molar-refractivity contribution in [1.82, 2.24) is 19.3 Å². The Morgan fingerprint density at radius 2 is 1.82 bits per heavy atom. The van der Waals surface area contributed by atoms with Crippen molar-refractivity contribution in [1.29, 1.82) is 0 Å². The van der Waals surface area contributed by atoms with Gasteiger partial charge in [0.15, 0.2) is 0 Å². The highest BCUT2D eigenvalue weighted by Gasteiger charge is 2.54. The fourth-order valence-electron chi connectivity index (χ4n) is 7.07. The second-order valence-corrected chi connectivity index (χ2v) is 10.9. The SMILES string of the molecule is CCN1C(=O)N2Cc3cc(OC)cc(OC)c3[C@H](C)C=C2C12CCN(Cc1cc3ccccc3n1C)CC2. The predicted octanol–water partition coefficient (Wildman–Crippen LogP) is 5.49. The molecule has 200 valence electrons. The standard InChI is InChI=1S/C31H38N4O3/c1-6-35-30(36)34-19-23-17-25(37-4)18-27(38-5)29(23)21(2)15-28(34)31(35)11-13-33(14-12-31)20-24-16-22-9-7-8-10-26(22)32(24)3/h7-10,15-18,21H,6,11-14,19-20H2,1-5H3/t21-/m1/s1. The molecule has 0 unspecified atom stereocenters. The Morgan fingerprint density at radius 3 is 2.50 bits per heavy atom. The summed E-state index contributed by atoms with van der Waals surface area (Å²) in [7, 11) is 5.54. The normalized spacial score (nSPS) is 20.9. The number of aromatic nitrogens is 1. The Morgan fingerprint density at radius 1 is 1.05 bits per heavy atom. The number of piperidine rings is 1. The predicted molar refractivity (Wildman–Crippen MR) is 150 cm³/mol. The quantitative estimate of drug-likeness (QED) is 0.452. The van der Waals surface area contributed by atoms with Crippen LogP contribution in [-0.4, -0.2) is 64.7 Å². The topological polar surface area (TPSA) is 50.2 Å². The zero-order valence-electron chi connectivity index (χ0n) is 23.2. The summed E-state index contributed by atoms with van der Waals surface area (Å²) in [5, 5.41) is 1.29. The largest absolute Gasteiger partial charge is 0.497 e. The van der Waals surface area contributed by atoms with Crippen molar-refractivity contribution < 1.29 is 14.3 Å². The molecule has 1 aromatic heterocycles. The lowest BCUT2D eigenvalue weighted by molar-refractivity contribution is 0.0878. The number of nitrogens with zero attached hydrogens (tertiary/aromatic N) is 4. The van der Waals surface area contributed by atoms with Crippen LogP contribution in [-0.2, 0) is 20.1 Å². The zero-order valence-corrected chi connectivity index (χ0v) is 23.2. The van der Waals surface area contributed by atoms with Gasteiger partial charge in [0.25, 0.3) is 0 Å². The number of likely N-dealkylation sites (tertiary alicyclic amines) is 1. The molecular weight excluding hydrogens is 476 g/mol. The fourth-order valence-corrected chi connectivity index (χ4v) is 7.07. The first-order valence-electron chi connectivity index (χ1n) is 13.7. The average molecular weight is 515 g/mol. The maximum Gasteiger partial charge on any atom is 0.325 e. The van der Waals surface area contributed by atoms with Crippen LogP contribution in [0.15, 0.2) is 54.2 Å². The Labute approximate surface area is 225 Å². The number of carbonyl (C=O) groups is 1.